The van der Waals surface area contributed by atoms with Gasteiger partial charge in [-0.05, 0) is 19.8 Å². The third-order valence-electron chi connectivity index (χ3n) is 3.72. The molecule has 2 aromatic rings. The zero-order valence-corrected chi connectivity index (χ0v) is 14.0. The minimum Gasteiger partial charge on any atom is -0.400 e. The van der Waals surface area contributed by atoms with E-state index in [0.717, 1.165) is 6.26 Å². The number of hydrogen-bond donors (Lipinski definition) is 1. The molecule has 1 atom stereocenters. The maximum Gasteiger partial charge on any atom is 0.322 e. The molecule has 3 heterocycles. The van der Waals surface area contributed by atoms with Crippen molar-refractivity contribution in [3.05, 3.63) is 11.8 Å². The first kappa shape index (κ1) is 16.6. The Hall–Kier alpha value is -2.27. The fourth-order valence-electron chi connectivity index (χ4n) is 2.50. The second-order valence-corrected chi connectivity index (χ2v) is 7.68. The van der Waals surface area contributed by atoms with E-state index in [2.05, 4.69) is 20.7 Å². The van der Waals surface area contributed by atoms with Gasteiger partial charge in [0.05, 0.1) is 17.9 Å². The van der Waals surface area contributed by atoms with Crippen LogP contribution in [0.5, 0.6) is 0 Å². The van der Waals surface area contributed by atoms with Gasteiger partial charge in [0, 0.05) is 19.2 Å². The summed E-state index contributed by atoms with van der Waals surface area (Å²) in [6, 6.07) is 1.56. The predicted octanol–water partition coefficient (Wildman–Crippen LogP) is 0.643. The molecule has 10 nitrogen and oxygen atoms in total. The number of aryl methyl sites for hydroxylation is 1. The lowest BCUT2D eigenvalue weighted by Crippen LogP contribution is -2.43. The Labute approximate surface area is 138 Å². The SMILES string of the molecule is Cc1cc(-c2nnc(NC(=O)C3CCCN(S(C)(=O)=O)C3)o2)on1. The molecule has 1 N–H and O–H groups in total. The van der Waals surface area contributed by atoms with Crippen LogP contribution in [0.1, 0.15) is 18.5 Å². The highest BCUT2D eigenvalue weighted by Crippen LogP contribution is 2.23. The highest BCUT2D eigenvalue weighted by atomic mass is 32.2. The molecule has 1 fully saturated rings. The molecule has 1 amide bonds. The third-order valence-corrected chi connectivity index (χ3v) is 4.99. The number of nitrogens with one attached hydrogen (secondary N) is 1. The molecule has 3 rings (SSSR count). The first-order chi connectivity index (χ1) is 11.3. The average molecular weight is 355 g/mol. The lowest BCUT2D eigenvalue weighted by molar-refractivity contribution is -0.121. The van der Waals surface area contributed by atoms with Crippen molar-refractivity contribution in [3.63, 3.8) is 0 Å². The lowest BCUT2D eigenvalue weighted by Gasteiger charge is -2.29. The quantitative estimate of drug-likeness (QED) is 0.845. The highest BCUT2D eigenvalue weighted by molar-refractivity contribution is 7.88. The van der Waals surface area contributed by atoms with Gasteiger partial charge in [0.15, 0.2) is 0 Å². The van der Waals surface area contributed by atoms with Crippen LogP contribution in [0.4, 0.5) is 6.01 Å². The van der Waals surface area contributed by atoms with Crippen molar-refractivity contribution in [1.82, 2.24) is 19.7 Å². The van der Waals surface area contributed by atoms with E-state index in [1.54, 1.807) is 13.0 Å². The summed E-state index contributed by atoms with van der Waals surface area (Å²) in [5.74, 6) is -0.405. The smallest absolute Gasteiger partial charge is 0.322 e. The second kappa shape index (κ2) is 6.32. The topological polar surface area (TPSA) is 131 Å². The molecule has 0 aliphatic carbocycles. The third kappa shape index (κ3) is 3.62. The van der Waals surface area contributed by atoms with Gasteiger partial charge < -0.3 is 8.94 Å². The van der Waals surface area contributed by atoms with Crippen molar-refractivity contribution >= 4 is 21.9 Å². The predicted molar refractivity (Wildman–Crippen MR) is 82.3 cm³/mol. The zero-order valence-electron chi connectivity index (χ0n) is 13.2. The first-order valence-electron chi connectivity index (χ1n) is 7.36. The number of hydrogen-bond acceptors (Lipinski definition) is 8. The van der Waals surface area contributed by atoms with Crippen molar-refractivity contribution < 1.29 is 22.2 Å². The summed E-state index contributed by atoms with van der Waals surface area (Å²) in [5.41, 5.74) is 0.664. The second-order valence-electron chi connectivity index (χ2n) is 5.69. The molecule has 130 valence electrons. The average Bonchev–Trinajstić information content (AvgIpc) is 3.15. The van der Waals surface area contributed by atoms with Gasteiger partial charge in [-0.3, -0.25) is 10.1 Å². The van der Waals surface area contributed by atoms with E-state index in [9.17, 15) is 13.2 Å². The summed E-state index contributed by atoms with van der Waals surface area (Å²) in [6.45, 7) is 2.33. The van der Waals surface area contributed by atoms with Gasteiger partial charge in [0.25, 0.3) is 5.89 Å². The monoisotopic (exact) mass is 355 g/mol. The largest absolute Gasteiger partial charge is 0.400 e. The molecule has 1 aliphatic heterocycles. The number of sulfonamides is 1. The van der Waals surface area contributed by atoms with Crippen LogP contribution in [-0.2, 0) is 14.8 Å². The fraction of sp³-hybridized carbons (Fsp3) is 0.538. The van der Waals surface area contributed by atoms with Crippen molar-refractivity contribution in [2.24, 2.45) is 5.92 Å². The van der Waals surface area contributed by atoms with E-state index >= 15 is 0 Å². The minimum atomic E-state index is -3.31. The molecule has 1 unspecified atom stereocenters. The van der Waals surface area contributed by atoms with E-state index in [4.69, 9.17) is 8.94 Å². The maximum absolute atomic E-state index is 12.3. The van der Waals surface area contributed by atoms with Crippen molar-refractivity contribution in [3.8, 4) is 11.7 Å². The molecule has 24 heavy (non-hydrogen) atoms. The summed E-state index contributed by atoms with van der Waals surface area (Å²) in [5, 5.41) is 13.8. The number of aromatic nitrogens is 3. The Kier molecular flexibility index (Phi) is 4.37. The van der Waals surface area contributed by atoms with E-state index in [0.29, 0.717) is 30.8 Å². The normalized spacial score (nSPS) is 19.3. The molecule has 0 bridgehead atoms. The van der Waals surface area contributed by atoms with Crippen LogP contribution in [0.2, 0.25) is 0 Å². The molecule has 2 aromatic heterocycles. The molecule has 0 spiro atoms. The van der Waals surface area contributed by atoms with Gasteiger partial charge >= 0.3 is 6.01 Å². The lowest BCUT2D eigenvalue weighted by atomic mass is 9.99. The van der Waals surface area contributed by atoms with E-state index in [1.165, 1.54) is 4.31 Å². The first-order valence-corrected chi connectivity index (χ1v) is 9.21. The van der Waals surface area contributed by atoms with Crippen LogP contribution >= 0.6 is 0 Å². The Morgan fingerprint density at radius 1 is 1.42 bits per heavy atom. The van der Waals surface area contributed by atoms with Crippen LogP contribution < -0.4 is 5.32 Å². The van der Waals surface area contributed by atoms with Crippen LogP contribution in [-0.4, -0.2) is 53.3 Å². The van der Waals surface area contributed by atoms with E-state index in [-0.39, 0.29) is 24.4 Å². The molecular weight excluding hydrogens is 338 g/mol. The molecule has 0 radical (unpaired) electrons. The zero-order chi connectivity index (χ0) is 17.3. The molecule has 1 aliphatic rings. The van der Waals surface area contributed by atoms with E-state index < -0.39 is 15.9 Å². The summed E-state index contributed by atoms with van der Waals surface area (Å²) in [7, 11) is -3.31. The van der Waals surface area contributed by atoms with Gasteiger partial charge in [-0.25, -0.2) is 12.7 Å². The molecular formula is C13H17N5O5S. The summed E-state index contributed by atoms with van der Waals surface area (Å²) >= 11 is 0. The molecule has 11 heteroatoms. The number of piperidine rings is 1. The van der Waals surface area contributed by atoms with Crippen LogP contribution in [0.3, 0.4) is 0 Å². The summed E-state index contributed by atoms with van der Waals surface area (Å²) < 4.78 is 34.8. The molecule has 0 saturated carbocycles. The fourth-order valence-corrected chi connectivity index (χ4v) is 3.41. The van der Waals surface area contributed by atoms with Gasteiger partial charge in [0.1, 0.15) is 0 Å². The Bertz CT molecular complexity index is 843. The van der Waals surface area contributed by atoms with Gasteiger partial charge in [0.2, 0.25) is 21.7 Å². The number of rotatable bonds is 4. The van der Waals surface area contributed by atoms with Crippen LogP contribution in [0.15, 0.2) is 15.0 Å². The number of amides is 1. The van der Waals surface area contributed by atoms with Crippen molar-refractivity contribution in [2.45, 2.75) is 19.8 Å². The van der Waals surface area contributed by atoms with Crippen molar-refractivity contribution in [1.29, 1.82) is 0 Å². The Balaban J connectivity index is 1.66. The maximum atomic E-state index is 12.3. The highest BCUT2D eigenvalue weighted by Gasteiger charge is 2.31. The van der Waals surface area contributed by atoms with Crippen LogP contribution in [0.25, 0.3) is 11.7 Å². The van der Waals surface area contributed by atoms with Crippen molar-refractivity contribution in [2.75, 3.05) is 24.7 Å². The van der Waals surface area contributed by atoms with E-state index in [1.807, 2.05) is 0 Å². The van der Waals surface area contributed by atoms with Gasteiger partial charge in [-0.15, -0.1) is 5.10 Å². The summed E-state index contributed by atoms with van der Waals surface area (Å²) in [6.07, 6.45) is 2.36. The minimum absolute atomic E-state index is 0.0690. The van der Waals surface area contributed by atoms with Gasteiger partial charge in [-0.2, -0.15) is 0 Å². The number of anilines is 1. The number of carbonyl (C=O) groups excluding carboxylic acids is 1. The standard InChI is InChI=1S/C13H17N5O5S/c1-8-6-10(23-17-8)12-15-16-13(22-12)14-11(19)9-4-3-5-18(7-9)24(2,20)21/h6,9H,3-5,7H2,1-2H3,(H,14,16,19). The Morgan fingerprint density at radius 2 is 2.21 bits per heavy atom. The number of nitrogens with zero attached hydrogens (tertiary/aromatic N) is 4. The summed E-state index contributed by atoms with van der Waals surface area (Å²) in [4.78, 5) is 12.3. The Morgan fingerprint density at radius 3 is 2.88 bits per heavy atom. The number of carbonyl (C=O) groups is 1. The molecule has 1 saturated heterocycles. The molecule has 0 aromatic carbocycles. The van der Waals surface area contributed by atoms with Gasteiger partial charge in [-0.1, -0.05) is 10.3 Å². The van der Waals surface area contributed by atoms with Crippen LogP contribution in [0, 0.1) is 12.8 Å².